The van der Waals surface area contributed by atoms with Crippen LogP contribution in [0.1, 0.15) is 5.56 Å². The molecular formula is C15H13FN2O4S. The van der Waals surface area contributed by atoms with E-state index in [-0.39, 0.29) is 17.0 Å². The summed E-state index contributed by atoms with van der Waals surface area (Å²) in [5, 5.41) is 22.2. The Morgan fingerprint density at radius 2 is 2.26 bits per heavy atom. The minimum atomic E-state index is -1.16. The maximum atomic E-state index is 13.3. The quantitative estimate of drug-likeness (QED) is 0.719. The fourth-order valence-corrected chi connectivity index (χ4v) is 3.55. The number of Topliss-reactive ketones (excluding diaryl/α,β-unsaturated/α-hetero) is 1. The lowest BCUT2D eigenvalue weighted by Crippen LogP contribution is -2.38. The smallest absolute Gasteiger partial charge is 0.327 e. The highest BCUT2D eigenvalue weighted by Gasteiger charge is 2.46. The minimum Gasteiger partial charge on any atom is -0.507 e. The monoisotopic (exact) mass is 336 g/mol. The van der Waals surface area contributed by atoms with Crippen LogP contribution < -0.4 is 5.32 Å². The topological polar surface area (TPSA) is 99.0 Å². The number of benzene rings is 1. The van der Waals surface area contributed by atoms with Crippen LogP contribution in [0.15, 0.2) is 28.9 Å². The fourth-order valence-electron chi connectivity index (χ4n) is 2.55. The van der Waals surface area contributed by atoms with Crippen molar-refractivity contribution >= 4 is 34.6 Å². The highest BCUT2D eigenvalue weighted by Crippen LogP contribution is 2.31. The Bertz CT molecular complexity index is 747. The van der Waals surface area contributed by atoms with Crippen molar-refractivity contribution in [2.45, 2.75) is 6.04 Å². The third-order valence-electron chi connectivity index (χ3n) is 3.62. The molecule has 0 bridgehead atoms. The second kappa shape index (κ2) is 6.04. The van der Waals surface area contributed by atoms with Gasteiger partial charge in [-0.25, -0.2) is 9.18 Å². The van der Waals surface area contributed by atoms with E-state index in [1.165, 1.54) is 23.9 Å². The number of carbonyl (C=O) groups excluding carboxylic acids is 1. The van der Waals surface area contributed by atoms with E-state index in [4.69, 9.17) is 0 Å². The number of nitrogens with one attached hydrogen (secondary N) is 1. The summed E-state index contributed by atoms with van der Waals surface area (Å²) in [5.41, 5.74) is 0.130. The van der Waals surface area contributed by atoms with Gasteiger partial charge in [-0.15, -0.1) is 11.8 Å². The number of hydrogen-bond donors (Lipinski definition) is 3. The van der Waals surface area contributed by atoms with E-state index < -0.39 is 29.5 Å². The molecule has 0 aliphatic carbocycles. The third kappa shape index (κ3) is 2.94. The number of carboxylic acids is 1. The lowest BCUT2D eigenvalue weighted by atomic mass is 9.99. The Kier molecular flexibility index (Phi) is 4.08. The Morgan fingerprint density at radius 3 is 2.91 bits per heavy atom. The molecule has 120 valence electrons. The van der Waals surface area contributed by atoms with Crippen LogP contribution in [-0.4, -0.2) is 45.3 Å². The van der Waals surface area contributed by atoms with Gasteiger partial charge in [0.2, 0.25) is 0 Å². The van der Waals surface area contributed by atoms with Crippen LogP contribution in [0.2, 0.25) is 0 Å². The molecule has 1 unspecified atom stereocenters. The van der Waals surface area contributed by atoms with Crippen LogP contribution >= 0.6 is 11.8 Å². The molecule has 1 aromatic rings. The van der Waals surface area contributed by atoms with Gasteiger partial charge in [0.15, 0.2) is 5.78 Å². The van der Waals surface area contributed by atoms with E-state index in [0.717, 1.165) is 17.9 Å². The summed E-state index contributed by atoms with van der Waals surface area (Å²) in [6.45, 7) is 0.555. The lowest BCUT2D eigenvalue weighted by Gasteiger charge is -2.12. The van der Waals surface area contributed by atoms with Crippen LogP contribution in [0.4, 0.5) is 4.39 Å². The number of aliphatic carboxylic acids is 1. The number of thioether (sulfide) groups is 1. The molecule has 3 rings (SSSR count). The molecule has 0 saturated carbocycles. The normalized spacial score (nSPS) is 25.5. The molecule has 1 fully saturated rings. The molecule has 1 aromatic carbocycles. The standard InChI is InChI=1S/C15H13FN2O4S/c16-8-1-2-10(19)7(5-8)6-9-13(20)11(12(18-9)15(21)22)14-17-3-4-23-14/h1-2,5-6,11-12,18-19H,3-4H2,(H,21,22)/b9-6-/t11?,12-/m0/s1. The van der Waals surface area contributed by atoms with Gasteiger partial charge >= 0.3 is 5.97 Å². The second-order valence-corrected chi connectivity index (χ2v) is 6.25. The van der Waals surface area contributed by atoms with E-state index in [0.29, 0.717) is 11.6 Å². The van der Waals surface area contributed by atoms with Gasteiger partial charge in [-0.2, -0.15) is 0 Å². The first-order valence-electron chi connectivity index (χ1n) is 6.88. The largest absolute Gasteiger partial charge is 0.507 e. The van der Waals surface area contributed by atoms with Crippen LogP contribution in [0.5, 0.6) is 5.75 Å². The van der Waals surface area contributed by atoms with Crippen LogP contribution in [-0.2, 0) is 9.59 Å². The highest BCUT2D eigenvalue weighted by molar-refractivity contribution is 8.14. The predicted molar refractivity (Wildman–Crippen MR) is 83.9 cm³/mol. The number of allylic oxidation sites excluding steroid dienone is 1. The van der Waals surface area contributed by atoms with Gasteiger partial charge in [-0.05, 0) is 24.3 Å². The zero-order valence-corrected chi connectivity index (χ0v) is 12.6. The molecule has 8 heteroatoms. The summed E-state index contributed by atoms with van der Waals surface area (Å²) in [4.78, 5) is 28.2. The van der Waals surface area contributed by atoms with Crippen molar-refractivity contribution in [1.82, 2.24) is 5.32 Å². The Labute approximate surface area is 135 Å². The second-order valence-electron chi connectivity index (χ2n) is 5.13. The summed E-state index contributed by atoms with van der Waals surface area (Å²) in [6, 6.07) is 2.22. The maximum Gasteiger partial charge on any atom is 0.327 e. The van der Waals surface area contributed by atoms with Gasteiger partial charge in [-0.1, -0.05) is 0 Å². The highest BCUT2D eigenvalue weighted by atomic mass is 32.2. The number of carboxylic acid groups (broad SMARTS) is 1. The van der Waals surface area contributed by atoms with Crippen molar-refractivity contribution in [2.24, 2.45) is 10.9 Å². The average molecular weight is 336 g/mol. The summed E-state index contributed by atoms with van der Waals surface area (Å²) in [6.07, 6.45) is 1.26. The van der Waals surface area contributed by atoms with E-state index in [9.17, 15) is 24.2 Å². The van der Waals surface area contributed by atoms with E-state index >= 15 is 0 Å². The summed E-state index contributed by atoms with van der Waals surface area (Å²) >= 11 is 1.37. The van der Waals surface area contributed by atoms with Crippen molar-refractivity contribution in [3.05, 3.63) is 35.3 Å². The fraction of sp³-hybridized carbons (Fsp3) is 0.267. The number of carbonyl (C=O) groups is 2. The van der Waals surface area contributed by atoms with Gasteiger partial charge in [0.05, 0.1) is 10.7 Å². The molecule has 0 amide bonds. The molecule has 2 atom stereocenters. The predicted octanol–water partition coefficient (Wildman–Crippen LogP) is 1.26. The van der Waals surface area contributed by atoms with Gasteiger partial charge in [0.1, 0.15) is 23.5 Å². The van der Waals surface area contributed by atoms with Crippen molar-refractivity contribution < 1.29 is 24.2 Å². The van der Waals surface area contributed by atoms with Gasteiger partial charge < -0.3 is 15.5 Å². The van der Waals surface area contributed by atoms with Crippen LogP contribution in [0.3, 0.4) is 0 Å². The number of halogens is 1. The third-order valence-corrected chi connectivity index (χ3v) is 4.69. The number of hydrogen-bond acceptors (Lipinski definition) is 6. The Hall–Kier alpha value is -2.35. The zero-order chi connectivity index (χ0) is 16.6. The van der Waals surface area contributed by atoms with Crippen molar-refractivity contribution in [3.8, 4) is 5.75 Å². The van der Waals surface area contributed by atoms with Crippen molar-refractivity contribution in [1.29, 1.82) is 0 Å². The summed E-state index contributed by atoms with van der Waals surface area (Å²) in [7, 11) is 0. The zero-order valence-electron chi connectivity index (χ0n) is 11.8. The summed E-state index contributed by atoms with van der Waals surface area (Å²) < 4.78 is 13.3. The molecule has 1 saturated heterocycles. The van der Waals surface area contributed by atoms with E-state index in [1.807, 2.05) is 0 Å². The van der Waals surface area contributed by atoms with Gasteiger partial charge in [0, 0.05) is 17.9 Å². The molecule has 2 heterocycles. The van der Waals surface area contributed by atoms with E-state index in [2.05, 4.69) is 10.3 Å². The molecule has 2 aliphatic rings. The van der Waals surface area contributed by atoms with Crippen molar-refractivity contribution in [3.63, 3.8) is 0 Å². The lowest BCUT2D eigenvalue weighted by molar-refractivity contribution is -0.140. The van der Waals surface area contributed by atoms with Crippen molar-refractivity contribution in [2.75, 3.05) is 12.3 Å². The van der Waals surface area contributed by atoms with Crippen LogP contribution in [0, 0.1) is 11.7 Å². The average Bonchev–Trinajstić information content (AvgIpc) is 3.11. The molecule has 3 N–H and O–H groups in total. The van der Waals surface area contributed by atoms with E-state index in [1.54, 1.807) is 0 Å². The Balaban J connectivity index is 1.98. The first kappa shape index (κ1) is 15.5. The number of phenolic OH excluding ortho intramolecular Hbond substituents is 1. The molecule has 6 nitrogen and oxygen atoms in total. The number of aromatic hydroxyl groups is 1. The number of phenols is 1. The first-order chi connectivity index (χ1) is 11.0. The number of ketones is 1. The van der Waals surface area contributed by atoms with Gasteiger partial charge in [0.25, 0.3) is 0 Å². The number of nitrogens with zero attached hydrogens (tertiary/aromatic N) is 1. The molecule has 23 heavy (non-hydrogen) atoms. The molecule has 0 radical (unpaired) electrons. The summed E-state index contributed by atoms with van der Waals surface area (Å²) in [5.74, 6) is -2.52. The minimum absolute atomic E-state index is 0.0264. The first-order valence-corrected chi connectivity index (χ1v) is 7.87. The number of aliphatic imine (C=N–C) groups is 1. The number of rotatable bonds is 3. The molecule has 2 aliphatic heterocycles. The SMILES string of the molecule is O=C1/C(=C/c2cc(F)ccc2O)N[C@H](C(=O)O)C1C1=NCCS1. The Morgan fingerprint density at radius 1 is 1.48 bits per heavy atom. The molecule has 0 aromatic heterocycles. The molecule has 0 spiro atoms. The maximum absolute atomic E-state index is 13.3. The van der Waals surface area contributed by atoms with Gasteiger partial charge in [-0.3, -0.25) is 9.79 Å². The molecular weight excluding hydrogens is 323 g/mol. The van der Waals surface area contributed by atoms with Crippen LogP contribution in [0.25, 0.3) is 6.08 Å².